The maximum Gasteiger partial charge on any atom is 0.337 e. The minimum atomic E-state index is -4.40. The molecule has 1 N–H and O–H groups in total. The second-order valence-electron chi connectivity index (χ2n) is 1.56. The zero-order valence-electron chi connectivity index (χ0n) is 5.43. The first kappa shape index (κ1) is 9.85. The maximum atomic E-state index is 10.3. The van der Waals surface area contributed by atoms with Crippen molar-refractivity contribution in [3.05, 3.63) is 0 Å². The molecule has 0 atom stereocenters. The van der Waals surface area contributed by atoms with Gasteiger partial charge in [0.25, 0.3) is 0 Å². The first-order valence-corrected chi connectivity index (χ1v) is 3.88. The second kappa shape index (κ2) is 3.88. The van der Waals surface area contributed by atoms with Gasteiger partial charge in [0.15, 0.2) is 0 Å². The molecule has 0 fully saturated rings. The van der Waals surface area contributed by atoms with Crippen LogP contribution < -0.4 is 0 Å². The van der Waals surface area contributed by atoms with Gasteiger partial charge in [-0.2, -0.15) is 23.2 Å². The lowest BCUT2D eigenvalue weighted by molar-refractivity contribution is 0.391. The summed E-state index contributed by atoms with van der Waals surface area (Å²) in [6.07, 6.45) is 0. The highest BCUT2D eigenvalue weighted by Crippen LogP contribution is 1.93. The highest BCUT2D eigenvalue weighted by molar-refractivity contribution is 7.83. The zero-order valence-corrected chi connectivity index (χ0v) is 6.24. The summed E-state index contributed by atoms with van der Waals surface area (Å²) in [5.41, 5.74) is 0. The number of nitrogens with zero attached hydrogens (tertiary/aromatic N) is 3. The third-order valence-corrected chi connectivity index (χ3v) is 1.73. The summed E-state index contributed by atoms with van der Waals surface area (Å²) < 4.78 is 29.3. The number of hydrogen-bond donors (Lipinski definition) is 1. The van der Waals surface area contributed by atoms with Crippen LogP contribution in [-0.4, -0.2) is 30.4 Å². The average molecular weight is 175 g/mol. The van der Waals surface area contributed by atoms with Gasteiger partial charge < -0.3 is 0 Å². The van der Waals surface area contributed by atoms with Crippen molar-refractivity contribution < 1.29 is 13.0 Å². The molecule has 0 heterocycles. The van der Waals surface area contributed by atoms with Crippen molar-refractivity contribution in [2.75, 3.05) is 13.1 Å². The standard InChI is InChI=1S/C4H5N3O3S/c5-1-3-7(4-2-6)11(8,9)10/h3-4H2,(H,8,9,10). The molecule has 0 saturated heterocycles. The molecule has 0 bridgehead atoms. The Hall–Kier alpha value is -1.15. The van der Waals surface area contributed by atoms with Crippen molar-refractivity contribution in [2.24, 2.45) is 0 Å². The van der Waals surface area contributed by atoms with Crippen LogP contribution in [0.5, 0.6) is 0 Å². The molecule has 0 spiro atoms. The van der Waals surface area contributed by atoms with Crippen molar-refractivity contribution in [3.63, 3.8) is 0 Å². The lowest BCUT2D eigenvalue weighted by Crippen LogP contribution is -2.31. The Morgan fingerprint density at radius 3 is 1.82 bits per heavy atom. The van der Waals surface area contributed by atoms with Crippen LogP contribution in [0.1, 0.15) is 0 Å². The molecule has 0 amide bonds. The van der Waals surface area contributed by atoms with Crippen LogP contribution in [0.3, 0.4) is 0 Å². The Morgan fingerprint density at radius 2 is 1.64 bits per heavy atom. The molecule has 60 valence electrons. The Kier molecular flexibility index (Phi) is 3.48. The summed E-state index contributed by atoms with van der Waals surface area (Å²) >= 11 is 0. The first-order chi connectivity index (χ1) is 5.02. The maximum absolute atomic E-state index is 10.3. The van der Waals surface area contributed by atoms with Crippen LogP contribution in [0.2, 0.25) is 0 Å². The molecule has 0 aliphatic heterocycles. The summed E-state index contributed by atoms with van der Waals surface area (Å²) in [5.74, 6) is 0. The molecule has 6 nitrogen and oxygen atoms in total. The van der Waals surface area contributed by atoms with Crippen LogP contribution in [0, 0.1) is 22.7 Å². The Morgan fingerprint density at radius 1 is 1.27 bits per heavy atom. The molecular weight excluding hydrogens is 170 g/mol. The van der Waals surface area contributed by atoms with E-state index in [-0.39, 0.29) is 0 Å². The molecule has 0 saturated carbocycles. The van der Waals surface area contributed by atoms with E-state index in [0.29, 0.717) is 4.31 Å². The predicted octanol–water partition coefficient (Wildman–Crippen LogP) is -0.862. The minimum absolute atomic E-state index is 0.354. The van der Waals surface area contributed by atoms with E-state index in [9.17, 15) is 8.42 Å². The Labute approximate surface area is 64.1 Å². The van der Waals surface area contributed by atoms with Crippen molar-refractivity contribution >= 4 is 10.3 Å². The molecule has 0 unspecified atom stereocenters. The predicted molar refractivity (Wildman–Crippen MR) is 34.3 cm³/mol. The van der Waals surface area contributed by atoms with E-state index in [1.807, 2.05) is 0 Å². The normalized spacial score (nSPS) is 10.5. The van der Waals surface area contributed by atoms with E-state index in [4.69, 9.17) is 15.1 Å². The SMILES string of the molecule is N#CCN(CC#N)S(=O)(=O)O. The van der Waals surface area contributed by atoms with E-state index in [0.717, 1.165) is 0 Å². The Bertz CT molecular complexity index is 280. The summed E-state index contributed by atoms with van der Waals surface area (Å²) in [7, 11) is -4.40. The van der Waals surface area contributed by atoms with Gasteiger partial charge in [-0.15, -0.1) is 0 Å². The fourth-order valence-electron chi connectivity index (χ4n) is 0.377. The summed E-state index contributed by atoms with van der Waals surface area (Å²) in [6, 6.07) is 2.99. The summed E-state index contributed by atoms with van der Waals surface area (Å²) in [5, 5.41) is 16.1. The smallest absolute Gasteiger partial charge is 0.273 e. The van der Waals surface area contributed by atoms with Gasteiger partial charge in [-0.1, -0.05) is 0 Å². The molecule has 0 aromatic carbocycles. The van der Waals surface area contributed by atoms with Gasteiger partial charge in [0.2, 0.25) is 0 Å². The second-order valence-corrected chi connectivity index (χ2v) is 2.97. The topological polar surface area (TPSA) is 105 Å². The van der Waals surface area contributed by atoms with E-state index in [2.05, 4.69) is 0 Å². The van der Waals surface area contributed by atoms with Crippen LogP contribution in [0.4, 0.5) is 0 Å². The van der Waals surface area contributed by atoms with Crippen molar-refractivity contribution in [2.45, 2.75) is 0 Å². The van der Waals surface area contributed by atoms with Gasteiger partial charge >= 0.3 is 10.3 Å². The number of hydrogen-bond acceptors (Lipinski definition) is 4. The Balaban J connectivity index is 4.41. The van der Waals surface area contributed by atoms with Crippen molar-refractivity contribution in [3.8, 4) is 12.1 Å². The third kappa shape index (κ3) is 3.53. The lowest BCUT2D eigenvalue weighted by atomic mass is 10.6. The van der Waals surface area contributed by atoms with E-state index >= 15 is 0 Å². The molecule has 7 heteroatoms. The van der Waals surface area contributed by atoms with E-state index in [1.165, 1.54) is 12.1 Å². The van der Waals surface area contributed by atoms with E-state index in [1.54, 1.807) is 0 Å². The van der Waals surface area contributed by atoms with Crippen molar-refractivity contribution in [1.29, 1.82) is 10.5 Å². The van der Waals surface area contributed by atoms with Gasteiger partial charge in [-0.25, -0.2) is 0 Å². The molecular formula is C4H5N3O3S. The zero-order chi connectivity index (χ0) is 8.91. The summed E-state index contributed by atoms with van der Waals surface area (Å²) in [6.45, 7) is -1.04. The summed E-state index contributed by atoms with van der Waals surface area (Å²) in [4.78, 5) is 0. The average Bonchev–Trinajstić information content (AvgIpc) is 1.85. The molecule has 0 rings (SSSR count). The van der Waals surface area contributed by atoms with Gasteiger partial charge in [0, 0.05) is 0 Å². The molecule has 0 aliphatic rings. The van der Waals surface area contributed by atoms with Gasteiger partial charge in [0.1, 0.15) is 13.1 Å². The first-order valence-electron chi connectivity index (χ1n) is 2.49. The fraction of sp³-hybridized carbons (Fsp3) is 0.500. The molecule has 0 aromatic rings. The fourth-order valence-corrected chi connectivity index (χ4v) is 0.819. The molecule has 0 radical (unpaired) electrons. The van der Waals surface area contributed by atoms with Crippen molar-refractivity contribution in [1.82, 2.24) is 4.31 Å². The van der Waals surface area contributed by atoms with Crippen LogP contribution in [0.25, 0.3) is 0 Å². The van der Waals surface area contributed by atoms with Crippen LogP contribution in [-0.2, 0) is 10.3 Å². The highest BCUT2D eigenvalue weighted by Gasteiger charge is 2.17. The molecule has 0 aliphatic carbocycles. The highest BCUT2D eigenvalue weighted by atomic mass is 32.2. The number of nitriles is 2. The largest absolute Gasteiger partial charge is 0.337 e. The quantitative estimate of drug-likeness (QED) is 0.443. The number of rotatable bonds is 3. The third-order valence-electron chi connectivity index (χ3n) is 0.820. The molecule has 11 heavy (non-hydrogen) atoms. The van der Waals surface area contributed by atoms with Crippen LogP contribution in [0.15, 0.2) is 0 Å². The monoisotopic (exact) mass is 175 g/mol. The molecule has 0 aromatic heterocycles. The van der Waals surface area contributed by atoms with Crippen LogP contribution >= 0.6 is 0 Å². The van der Waals surface area contributed by atoms with Gasteiger partial charge in [-0.05, 0) is 0 Å². The van der Waals surface area contributed by atoms with E-state index < -0.39 is 23.4 Å². The van der Waals surface area contributed by atoms with Gasteiger partial charge in [-0.3, -0.25) is 4.55 Å². The van der Waals surface area contributed by atoms with Gasteiger partial charge in [0.05, 0.1) is 12.1 Å². The lowest BCUT2D eigenvalue weighted by Gasteiger charge is -2.08. The minimum Gasteiger partial charge on any atom is -0.273 e.